The highest BCUT2D eigenvalue weighted by Crippen LogP contribution is 2.37. The summed E-state index contributed by atoms with van der Waals surface area (Å²) in [5.74, 6) is 0.0971. The highest BCUT2D eigenvalue weighted by atomic mass is 16.1. The molecule has 0 heterocycles. The first-order valence-corrected chi connectivity index (χ1v) is 3.80. The summed E-state index contributed by atoms with van der Waals surface area (Å²) in [6.07, 6.45) is 4.32. The van der Waals surface area contributed by atoms with Gasteiger partial charge in [0.2, 0.25) is 0 Å². The van der Waals surface area contributed by atoms with E-state index in [9.17, 15) is 4.79 Å². The van der Waals surface area contributed by atoms with Gasteiger partial charge < -0.3 is 0 Å². The quantitative estimate of drug-likeness (QED) is 0.562. The third-order valence-electron chi connectivity index (χ3n) is 2.25. The van der Waals surface area contributed by atoms with Gasteiger partial charge in [0.15, 0.2) is 5.78 Å². The van der Waals surface area contributed by atoms with Crippen molar-refractivity contribution in [3.63, 3.8) is 0 Å². The number of carbonyl (C=O) groups is 1. The topological polar surface area (TPSA) is 40.9 Å². The molecule has 0 saturated heterocycles. The van der Waals surface area contributed by atoms with E-state index in [4.69, 9.17) is 5.26 Å². The minimum atomic E-state index is -0.707. The molecule has 1 aliphatic carbocycles. The molecule has 0 bridgehead atoms. The van der Waals surface area contributed by atoms with Gasteiger partial charge in [0.25, 0.3) is 0 Å². The predicted molar refractivity (Wildman–Crippen MR) is 41.7 cm³/mol. The van der Waals surface area contributed by atoms with E-state index in [0.29, 0.717) is 19.3 Å². The first-order valence-electron chi connectivity index (χ1n) is 3.80. The number of Topliss-reactive ketones (excluding diaryl/α,β-unsaturated/α-hetero) is 1. The molecule has 1 aliphatic rings. The fraction of sp³-hybridized carbons (Fsp3) is 0.556. The summed E-state index contributed by atoms with van der Waals surface area (Å²) < 4.78 is 0. The molecule has 2 nitrogen and oxygen atoms in total. The van der Waals surface area contributed by atoms with Crippen LogP contribution in [0.5, 0.6) is 0 Å². The maximum atomic E-state index is 11.2. The van der Waals surface area contributed by atoms with Crippen LogP contribution in [0.3, 0.4) is 0 Å². The third-order valence-corrected chi connectivity index (χ3v) is 2.25. The number of hydrogen-bond donors (Lipinski definition) is 0. The SMILES string of the molecule is C=CC[C@@]1(C#N)CCCC1=O. The van der Waals surface area contributed by atoms with Gasteiger partial charge in [0, 0.05) is 6.42 Å². The second-order valence-corrected chi connectivity index (χ2v) is 2.96. The molecule has 0 aromatic rings. The van der Waals surface area contributed by atoms with Crippen LogP contribution < -0.4 is 0 Å². The summed E-state index contributed by atoms with van der Waals surface area (Å²) in [4.78, 5) is 11.2. The van der Waals surface area contributed by atoms with Gasteiger partial charge in [0.05, 0.1) is 6.07 Å². The highest BCUT2D eigenvalue weighted by molar-refractivity contribution is 5.89. The van der Waals surface area contributed by atoms with Crippen molar-refractivity contribution in [2.75, 3.05) is 0 Å². The standard InChI is InChI=1S/C9H11NO/c1-2-5-9(7-10)6-3-4-8(9)11/h2H,1,3-6H2/t9-/m0/s1. The van der Waals surface area contributed by atoms with E-state index in [1.807, 2.05) is 0 Å². The van der Waals surface area contributed by atoms with E-state index >= 15 is 0 Å². The van der Waals surface area contributed by atoms with Crippen molar-refractivity contribution in [3.05, 3.63) is 12.7 Å². The van der Waals surface area contributed by atoms with Gasteiger partial charge in [-0.25, -0.2) is 0 Å². The van der Waals surface area contributed by atoms with Crippen molar-refractivity contribution in [3.8, 4) is 6.07 Å². The Morgan fingerprint density at radius 3 is 2.91 bits per heavy atom. The molecule has 11 heavy (non-hydrogen) atoms. The Morgan fingerprint density at radius 2 is 2.55 bits per heavy atom. The lowest BCUT2D eigenvalue weighted by Gasteiger charge is -2.14. The number of nitriles is 1. The molecule has 1 atom stereocenters. The van der Waals surface area contributed by atoms with Crippen molar-refractivity contribution in [1.82, 2.24) is 0 Å². The Kier molecular flexibility index (Phi) is 2.09. The van der Waals surface area contributed by atoms with Crippen molar-refractivity contribution in [2.45, 2.75) is 25.7 Å². The van der Waals surface area contributed by atoms with Crippen LogP contribution in [-0.2, 0) is 4.79 Å². The van der Waals surface area contributed by atoms with Crippen LogP contribution in [0, 0.1) is 16.7 Å². The number of ketones is 1. The number of rotatable bonds is 2. The summed E-state index contributed by atoms with van der Waals surface area (Å²) in [6, 6.07) is 2.11. The van der Waals surface area contributed by atoms with Gasteiger partial charge in [0.1, 0.15) is 5.41 Å². The highest BCUT2D eigenvalue weighted by Gasteiger charge is 2.40. The summed E-state index contributed by atoms with van der Waals surface area (Å²) in [6.45, 7) is 3.55. The summed E-state index contributed by atoms with van der Waals surface area (Å²) in [5.41, 5.74) is -0.707. The summed E-state index contributed by atoms with van der Waals surface area (Å²) in [5, 5.41) is 8.80. The van der Waals surface area contributed by atoms with Gasteiger partial charge in [-0.05, 0) is 19.3 Å². The van der Waals surface area contributed by atoms with E-state index in [2.05, 4.69) is 12.6 Å². The predicted octanol–water partition coefficient (Wildman–Crippen LogP) is 1.83. The minimum Gasteiger partial charge on any atom is -0.298 e. The van der Waals surface area contributed by atoms with Gasteiger partial charge >= 0.3 is 0 Å². The molecule has 58 valence electrons. The lowest BCUT2D eigenvalue weighted by atomic mass is 9.84. The molecule has 1 saturated carbocycles. The molecule has 1 fully saturated rings. The number of nitrogens with zero attached hydrogens (tertiary/aromatic N) is 1. The largest absolute Gasteiger partial charge is 0.298 e. The molecular formula is C9H11NO. The van der Waals surface area contributed by atoms with Gasteiger partial charge in [-0.15, -0.1) is 6.58 Å². The van der Waals surface area contributed by atoms with Gasteiger partial charge in [-0.2, -0.15) is 5.26 Å². The minimum absolute atomic E-state index is 0.0971. The van der Waals surface area contributed by atoms with Crippen LogP contribution in [0.2, 0.25) is 0 Å². The molecule has 0 aromatic carbocycles. The molecule has 1 rings (SSSR count). The van der Waals surface area contributed by atoms with E-state index < -0.39 is 5.41 Å². The molecule has 0 radical (unpaired) electrons. The Labute approximate surface area is 66.5 Å². The van der Waals surface area contributed by atoms with E-state index in [1.54, 1.807) is 6.08 Å². The second kappa shape index (κ2) is 2.87. The van der Waals surface area contributed by atoms with Crippen molar-refractivity contribution in [1.29, 1.82) is 5.26 Å². The summed E-state index contributed by atoms with van der Waals surface area (Å²) >= 11 is 0. The molecule has 0 unspecified atom stereocenters. The molecule has 0 spiro atoms. The smallest absolute Gasteiger partial charge is 0.153 e. The monoisotopic (exact) mass is 149 g/mol. The van der Waals surface area contributed by atoms with Gasteiger partial charge in [-0.1, -0.05) is 6.08 Å². The molecular weight excluding hydrogens is 138 g/mol. The first kappa shape index (κ1) is 8.00. The van der Waals surface area contributed by atoms with Crippen molar-refractivity contribution in [2.24, 2.45) is 5.41 Å². The van der Waals surface area contributed by atoms with Crippen LogP contribution in [0.15, 0.2) is 12.7 Å². The lowest BCUT2D eigenvalue weighted by Crippen LogP contribution is -2.22. The Balaban J connectivity index is 2.83. The third kappa shape index (κ3) is 1.19. The lowest BCUT2D eigenvalue weighted by molar-refractivity contribution is -0.123. The van der Waals surface area contributed by atoms with Crippen molar-refractivity contribution < 1.29 is 4.79 Å². The van der Waals surface area contributed by atoms with Crippen LogP contribution in [0.1, 0.15) is 25.7 Å². The van der Waals surface area contributed by atoms with E-state index in [-0.39, 0.29) is 5.78 Å². The average molecular weight is 149 g/mol. The number of allylic oxidation sites excluding steroid dienone is 1. The van der Waals surface area contributed by atoms with E-state index in [0.717, 1.165) is 6.42 Å². The number of carbonyl (C=O) groups excluding carboxylic acids is 1. The van der Waals surface area contributed by atoms with Crippen LogP contribution in [0.25, 0.3) is 0 Å². The Morgan fingerprint density at radius 1 is 1.82 bits per heavy atom. The summed E-state index contributed by atoms with van der Waals surface area (Å²) in [7, 11) is 0. The average Bonchev–Trinajstić information content (AvgIpc) is 2.35. The maximum Gasteiger partial charge on any atom is 0.153 e. The molecule has 2 heteroatoms. The Bertz CT molecular complexity index is 226. The zero-order valence-electron chi connectivity index (χ0n) is 6.47. The van der Waals surface area contributed by atoms with Crippen molar-refractivity contribution >= 4 is 5.78 Å². The second-order valence-electron chi connectivity index (χ2n) is 2.96. The Hall–Kier alpha value is -1.10. The number of hydrogen-bond acceptors (Lipinski definition) is 2. The normalized spacial score (nSPS) is 29.9. The van der Waals surface area contributed by atoms with Crippen LogP contribution in [0.4, 0.5) is 0 Å². The molecule has 0 N–H and O–H groups in total. The zero-order valence-corrected chi connectivity index (χ0v) is 6.47. The molecule has 0 aromatic heterocycles. The molecule has 0 amide bonds. The molecule has 0 aliphatic heterocycles. The van der Waals surface area contributed by atoms with E-state index in [1.165, 1.54) is 0 Å². The zero-order chi connectivity index (χ0) is 8.32. The fourth-order valence-corrected chi connectivity index (χ4v) is 1.56. The fourth-order valence-electron chi connectivity index (χ4n) is 1.56. The first-order chi connectivity index (χ1) is 5.25. The van der Waals surface area contributed by atoms with Crippen LogP contribution in [-0.4, -0.2) is 5.78 Å². The van der Waals surface area contributed by atoms with Gasteiger partial charge in [-0.3, -0.25) is 4.79 Å². The maximum absolute atomic E-state index is 11.2. The van der Waals surface area contributed by atoms with Crippen LogP contribution >= 0.6 is 0 Å².